The van der Waals surface area contributed by atoms with Crippen molar-refractivity contribution < 1.29 is 32.7 Å². The summed E-state index contributed by atoms with van der Waals surface area (Å²) in [7, 11) is -2.59. The molecule has 10 nitrogen and oxygen atoms in total. The van der Waals surface area contributed by atoms with Gasteiger partial charge in [0.15, 0.2) is 0 Å². The van der Waals surface area contributed by atoms with Crippen LogP contribution in [0, 0.1) is 0 Å². The first-order valence-electron chi connectivity index (χ1n) is 8.57. The Morgan fingerprint density at radius 3 is 2.29 bits per heavy atom. The SMILES string of the molecule is COc1ccc(S(=O)(=O)N2CCN(C(=O)OC(C)(C)C)CC2C(=O)NO)cc1. The molecule has 1 aliphatic rings. The summed E-state index contributed by atoms with van der Waals surface area (Å²) in [5.74, 6) is -0.455. The second-order valence-electron chi connectivity index (χ2n) is 7.21. The molecule has 0 bridgehead atoms. The first-order valence-corrected chi connectivity index (χ1v) is 10.0. The molecule has 1 unspecified atom stereocenters. The Labute approximate surface area is 164 Å². The van der Waals surface area contributed by atoms with Gasteiger partial charge in [-0.25, -0.2) is 18.7 Å². The summed E-state index contributed by atoms with van der Waals surface area (Å²) < 4.78 is 37.3. The second kappa shape index (κ2) is 8.33. The van der Waals surface area contributed by atoms with Crippen LogP contribution < -0.4 is 10.2 Å². The van der Waals surface area contributed by atoms with Gasteiger partial charge in [-0.15, -0.1) is 0 Å². The first kappa shape index (κ1) is 21.9. The summed E-state index contributed by atoms with van der Waals surface area (Å²) in [6.07, 6.45) is -0.662. The predicted octanol–water partition coefficient (Wildman–Crippen LogP) is 0.811. The molecule has 0 radical (unpaired) electrons. The molecule has 1 aliphatic heterocycles. The molecular formula is C17H25N3O7S. The molecule has 1 atom stereocenters. The smallest absolute Gasteiger partial charge is 0.410 e. The number of rotatable bonds is 4. The van der Waals surface area contributed by atoms with Crippen LogP contribution in [0.1, 0.15) is 20.8 Å². The zero-order valence-electron chi connectivity index (χ0n) is 16.2. The highest BCUT2D eigenvalue weighted by molar-refractivity contribution is 7.89. The number of benzene rings is 1. The summed E-state index contributed by atoms with van der Waals surface area (Å²) >= 11 is 0. The summed E-state index contributed by atoms with van der Waals surface area (Å²) in [5, 5.41) is 9.05. The van der Waals surface area contributed by atoms with Crippen molar-refractivity contribution in [3.63, 3.8) is 0 Å². The van der Waals surface area contributed by atoms with E-state index in [0.29, 0.717) is 5.75 Å². The Balaban J connectivity index is 2.28. The largest absolute Gasteiger partial charge is 0.497 e. The fourth-order valence-corrected chi connectivity index (χ4v) is 4.29. The summed E-state index contributed by atoms with van der Waals surface area (Å²) in [6.45, 7) is 4.76. The van der Waals surface area contributed by atoms with Crippen molar-refractivity contribution in [3.8, 4) is 5.75 Å². The van der Waals surface area contributed by atoms with Crippen molar-refractivity contribution in [2.45, 2.75) is 37.3 Å². The van der Waals surface area contributed by atoms with Crippen LogP contribution in [0.15, 0.2) is 29.2 Å². The van der Waals surface area contributed by atoms with Crippen LogP contribution in [0.3, 0.4) is 0 Å². The van der Waals surface area contributed by atoms with Crippen molar-refractivity contribution in [2.75, 3.05) is 26.7 Å². The van der Waals surface area contributed by atoms with Crippen molar-refractivity contribution in [1.29, 1.82) is 0 Å². The summed E-state index contributed by atoms with van der Waals surface area (Å²) in [4.78, 5) is 25.6. The van der Waals surface area contributed by atoms with Gasteiger partial charge in [0, 0.05) is 19.6 Å². The first-order chi connectivity index (χ1) is 13.0. The number of hydroxylamine groups is 1. The van der Waals surface area contributed by atoms with Gasteiger partial charge in [0.05, 0.1) is 12.0 Å². The average molecular weight is 415 g/mol. The zero-order valence-corrected chi connectivity index (χ0v) is 17.0. The lowest BCUT2D eigenvalue weighted by atomic mass is 10.2. The predicted molar refractivity (Wildman–Crippen MR) is 98.4 cm³/mol. The number of ether oxygens (including phenoxy) is 2. The normalized spacial score (nSPS) is 18.5. The topological polar surface area (TPSA) is 125 Å². The molecular weight excluding hydrogens is 390 g/mol. The number of hydrogen-bond donors (Lipinski definition) is 2. The number of nitrogens with zero attached hydrogens (tertiary/aromatic N) is 2. The van der Waals surface area contributed by atoms with E-state index >= 15 is 0 Å². The Morgan fingerprint density at radius 1 is 1.18 bits per heavy atom. The van der Waals surface area contributed by atoms with Crippen LogP contribution in [0.25, 0.3) is 0 Å². The molecule has 1 aromatic carbocycles. The van der Waals surface area contributed by atoms with E-state index in [1.807, 2.05) is 0 Å². The lowest BCUT2D eigenvalue weighted by molar-refractivity contribution is -0.134. The fraction of sp³-hybridized carbons (Fsp3) is 0.529. The molecule has 0 saturated carbocycles. The molecule has 2 amide bonds. The minimum Gasteiger partial charge on any atom is -0.497 e. The number of carbonyl (C=O) groups is 2. The van der Waals surface area contributed by atoms with Crippen molar-refractivity contribution in [1.82, 2.24) is 14.7 Å². The Hall–Kier alpha value is -2.37. The number of carbonyl (C=O) groups excluding carboxylic acids is 2. The molecule has 2 rings (SSSR count). The van der Waals surface area contributed by atoms with Gasteiger partial charge in [0.1, 0.15) is 17.4 Å². The number of sulfonamides is 1. The molecule has 1 aromatic rings. The third-order valence-electron chi connectivity index (χ3n) is 4.06. The van der Waals surface area contributed by atoms with E-state index in [1.54, 1.807) is 20.8 Å². The van der Waals surface area contributed by atoms with Crippen LogP contribution in [0.4, 0.5) is 4.79 Å². The van der Waals surface area contributed by atoms with Gasteiger partial charge in [-0.2, -0.15) is 4.31 Å². The highest BCUT2D eigenvalue weighted by Crippen LogP contribution is 2.24. The molecule has 1 fully saturated rings. The third-order valence-corrected chi connectivity index (χ3v) is 5.98. The second-order valence-corrected chi connectivity index (χ2v) is 9.10. The van der Waals surface area contributed by atoms with Gasteiger partial charge in [-0.05, 0) is 45.0 Å². The Kier molecular flexibility index (Phi) is 6.52. The quantitative estimate of drug-likeness (QED) is 0.551. The van der Waals surface area contributed by atoms with Crippen LogP contribution >= 0.6 is 0 Å². The third kappa shape index (κ3) is 4.91. The lowest BCUT2D eigenvalue weighted by Gasteiger charge is -2.39. The van der Waals surface area contributed by atoms with E-state index < -0.39 is 33.7 Å². The van der Waals surface area contributed by atoms with Gasteiger partial charge in [0.2, 0.25) is 10.0 Å². The van der Waals surface area contributed by atoms with Crippen molar-refractivity contribution >= 4 is 22.0 Å². The standard InChI is InChI=1S/C17H25N3O7S/c1-17(2,3)27-16(22)19-9-10-20(14(11-19)15(21)18-23)28(24,25)13-7-5-12(26-4)6-8-13/h5-8,14,23H,9-11H2,1-4H3,(H,18,21). The Bertz CT molecular complexity index is 818. The number of nitrogens with one attached hydrogen (secondary N) is 1. The van der Waals surface area contributed by atoms with Crippen molar-refractivity contribution in [3.05, 3.63) is 24.3 Å². The van der Waals surface area contributed by atoms with Crippen LogP contribution in [0.2, 0.25) is 0 Å². The lowest BCUT2D eigenvalue weighted by Crippen LogP contribution is -2.61. The van der Waals surface area contributed by atoms with Crippen molar-refractivity contribution in [2.24, 2.45) is 0 Å². The monoisotopic (exact) mass is 415 g/mol. The molecule has 1 saturated heterocycles. The molecule has 156 valence electrons. The molecule has 0 spiro atoms. The molecule has 0 aliphatic carbocycles. The maximum absolute atomic E-state index is 13.0. The maximum Gasteiger partial charge on any atom is 0.410 e. The van der Waals surface area contributed by atoms with Crippen LogP contribution in [0.5, 0.6) is 5.75 Å². The zero-order chi connectivity index (χ0) is 21.1. The van der Waals surface area contributed by atoms with E-state index in [-0.39, 0.29) is 24.5 Å². The molecule has 28 heavy (non-hydrogen) atoms. The number of hydrogen-bond acceptors (Lipinski definition) is 7. The minimum absolute atomic E-state index is 0.0326. The van der Waals surface area contributed by atoms with Gasteiger partial charge in [0.25, 0.3) is 5.91 Å². The average Bonchev–Trinajstić information content (AvgIpc) is 2.65. The number of piperazine rings is 1. The van der Waals surface area contributed by atoms with E-state index in [1.165, 1.54) is 41.8 Å². The molecule has 2 N–H and O–H groups in total. The summed E-state index contributed by atoms with van der Waals surface area (Å²) in [6, 6.07) is 4.40. The van der Waals surface area contributed by atoms with Crippen LogP contribution in [-0.2, 0) is 19.6 Å². The van der Waals surface area contributed by atoms with E-state index in [9.17, 15) is 18.0 Å². The van der Waals surface area contributed by atoms with E-state index in [2.05, 4.69) is 0 Å². The highest BCUT2D eigenvalue weighted by Gasteiger charge is 2.42. The van der Waals surface area contributed by atoms with Gasteiger partial charge in [-0.3, -0.25) is 10.0 Å². The van der Waals surface area contributed by atoms with Gasteiger partial charge < -0.3 is 14.4 Å². The maximum atomic E-state index is 13.0. The molecule has 1 heterocycles. The molecule has 11 heteroatoms. The summed E-state index contributed by atoms with van der Waals surface area (Å²) in [5.41, 5.74) is 0.732. The highest BCUT2D eigenvalue weighted by atomic mass is 32.2. The van der Waals surface area contributed by atoms with Gasteiger partial charge in [-0.1, -0.05) is 0 Å². The molecule has 0 aromatic heterocycles. The van der Waals surface area contributed by atoms with E-state index in [0.717, 1.165) is 4.31 Å². The van der Waals surface area contributed by atoms with E-state index in [4.69, 9.17) is 14.7 Å². The fourth-order valence-electron chi connectivity index (χ4n) is 2.72. The number of amides is 2. The Morgan fingerprint density at radius 2 is 1.79 bits per heavy atom. The van der Waals surface area contributed by atoms with Gasteiger partial charge >= 0.3 is 6.09 Å². The minimum atomic E-state index is -4.05. The van der Waals surface area contributed by atoms with Crippen LogP contribution in [-0.4, -0.2) is 73.2 Å². The number of methoxy groups -OCH3 is 1.